The highest BCUT2D eigenvalue weighted by Gasteiger charge is 2.15. The highest BCUT2D eigenvalue weighted by atomic mass is 32.2. The first-order chi connectivity index (χ1) is 10.2. The second-order valence-corrected chi connectivity index (χ2v) is 7.05. The van der Waals surface area contributed by atoms with Gasteiger partial charge in [-0.2, -0.15) is 11.8 Å². The molecule has 0 radical (unpaired) electrons. The largest absolute Gasteiger partial charge is 0.357 e. The van der Waals surface area contributed by atoms with Crippen LogP contribution in [0.2, 0.25) is 0 Å². The molecule has 1 aliphatic rings. The molecule has 0 bridgehead atoms. The van der Waals surface area contributed by atoms with E-state index in [2.05, 4.69) is 61.4 Å². The van der Waals surface area contributed by atoms with Crippen LogP contribution in [0.15, 0.2) is 23.2 Å². The van der Waals surface area contributed by atoms with Gasteiger partial charge in [-0.05, 0) is 50.5 Å². The summed E-state index contributed by atoms with van der Waals surface area (Å²) in [6, 6.07) is 6.57. The minimum absolute atomic E-state index is 0.735. The van der Waals surface area contributed by atoms with Gasteiger partial charge in [0.15, 0.2) is 5.96 Å². The van der Waals surface area contributed by atoms with Crippen molar-refractivity contribution in [2.75, 3.05) is 18.8 Å². The predicted octanol–water partition coefficient (Wildman–Crippen LogP) is 3.25. The Morgan fingerprint density at radius 1 is 1.33 bits per heavy atom. The number of hydrogen-bond acceptors (Lipinski definition) is 2. The number of nitrogens with zero attached hydrogens (tertiary/aromatic N) is 1. The molecule has 1 atom stereocenters. The molecule has 3 nitrogen and oxygen atoms in total. The monoisotopic (exact) mass is 305 g/mol. The number of hydrogen-bond donors (Lipinski definition) is 2. The fourth-order valence-electron chi connectivity index (χ4n) is 2.55. The molecular formula is C17H27N3S. The van der Waals surface area contributed by atoms with E-state index in [1.54, 1.807) is 0 Å². The zero-order valence-corrected chi connectivity index (χ0v) is 14.2. The van der Waals surface area contributed by atoms with Gasteiger partial charge in [0, 0.05) is 18.3 Å². The van der Waals surface area contributed by atoms with Crippen molar-refractivity contribution >= 4 is 17.7 Å². The van der Waals surface area contributed by atoms with Gasteiger partial charge in [-0.25, -0.2) is 4.99 Å². The lowest BCUT2D eigenvalue weighted by Crippen LogP contribution is -2.40. The van der Waals surface area contributed by atoms with Crippen LogP contribution in [-0.4, -0.2) is 30.1 Å². The van der Waals surface area contributed by atoms with Crippen molar-refractivity contribution in [1.29, 1.82) is 0 Å². The van der Waals surface area contributed by atoms with Gasteiger partial charge in [0.2, 0.25) is 0 Å². The summed E-state index contributed by atoms with van der Waals surface area (Å²) in [7, 11) is 0. The van der Waals surface area contributed by atoms with E-state index in [9.17, 15) is 0 Å². The minimum Gasteiger partial charge on any atom is -0.357 e. The fourth-order valence-corrected chi connectivity index (χ4v) is 3.75. The van der Waals surface area contributed by atoms with Crippen molar-refractivity contribution in [3.63, 3.8) is 0 Å². The quantitative estimate of drug-likeness (QED) is 0.647. The van der Waals surface area contributed by atoms with E-state index in [1.807, 2.05) is 0 Å². The van der Waals surface area contributed by atoms with Crippen molar-refractivity contribution < 1.29 is 0 Å². The van der Waals surface area contributed by atoms with Crippen molar-refractivity contribution in [2.24, 2.45) is 4.99 Å². The second-order valence-electron chi connectivity index (χ2n) is 5.64. The molecule has 1 unspecified atom stereocenters. The first kappa shape index (κ1) is 16.2. The molecule has 1 aromatic carbocycles. The van der Waals surface area contributed by atoms with E-state index >= 15 is 0 Å². The van der Waals surface area contributed by atoms with Gasteiger partial charge in [-0.1, -0.05) is 23.8 Å². The molecule has 2 rings (SSSR count). The molecule has 116 valence electrons. The maximum absolute atomic E-state index is 4.72. The lowest BCUT2D eigenvalue weighted by molar-refractivity contribution is 0.727. The van der Waals surface area contributed by atoms with Crippen molar-refractivity contribution in [1.82, 2.24) is 10.6 Å². The number of guanidine groups is 1. The summed E-state index contributed by atoms with van der Waals surface area (Å²) in [4.78, 5) is 4.72. The lowest BCUT2D eigenvalue weighted by Gasteiger charge is -2.14. The number of benzene rings is 1. The molecule has 1 heterocycles. The summed E-state index contributed by atoms with van der Waals surface area (Å²) in [5.74, 6) is 2.24. The van der Waals surface area contributed by atoms with Gasteiger partial charge in [-0.15, -0.1) is 0 Å². The Morgan fingerprint density at radius 3 is 2.86 bits per heavy atom. The topological polar surface area (TPSA) is 36.4 Å². The Labute approximate surface area is 133 Å². The van der Waals surface area contributed by atoms with E-state index in [-0.39, 0.29) is 0 Å². The van der Waals surface area contributed by atoms with Gasteiger partial charge in [0.25, 0.3) is 0 Å². The highest BCUT2D eigenvalue weighted by molar-refractivity contribution is 8.00. The van der Waals surface area contributed by atoms with E-state index < -0.39 is 0 Å². The van der Waals surface area contributed by atoms with Crippen LogP contribution in [0.1, 0.15) is 36.5 Å². The average molecular weight is 305 g/mol. The SMILES string of the molecule is CCNC(=NCc1ccc(C)cc1C)NCC1CCCS1. The van der Waals surface area contributed by atoms with Crippen LogP contribution >= 0.6 is 11.8 Å². The molecule has 0 amide bonds. The van der Waals surface area contributed by atoms with Crippen LogP contribution in [0.4, 0.5) is 0 Å². The van der Waals surface area contributed by atoms with Gasteiger partial charge in [-0.3, -0.25) is 0 Å². The number of thioether (sulfide) groups is 1. The first-order valence-electron chi connectivity index (χ1n) is 7.89. The maximum Gasteiger partial charge on any atom is 0.191 e. The molecule has 1 saturated heterocycles. The molecule has 1 aromatic rings. The lowest BCUT2D eigenvalue weighted by atomic mass is 10.1. The van der Waals surface area contributed by atoms with Gasteiger partial charge < -0.3 is 10.6 Å². The average Bonchev–Trinajstić information content (AvgIpc) is 2.96. The van der Waals surface area contributed by atoms with Crippen LogP contribution in [0.3, 0.4) is 0 Å². The van der Waals surface area contributed by atoms with Crippen molar-refractivity contribution in [2.45, 2.75) is 45.4 Å². The zero-order chi connectivity index (χ0) is 15.1. The summed E-state index contributed by atoms with van der Waals surface area (Å²) >= 11 is 2.08. The molecule has 0 aromatic heterocycles. The minimum atomic E-state index is 0.735. The van der Waals surface area contributed by atoms with E-state index in [4.69, 9.17) is 4.99 Å². The third-order valence-electron chi connectivity index (χ3n) is 3.77. The summed E-state index contributed by atoms with van der Waals surface area (Å²) in [6.07, 6.45) is 2.68. The number of nitrogens with one attached hydrogen (secondary N) is 2. The van der Waals surface area contributed by atoms with Crippen molar-refractivity contribution in [3.8, 4) is 0 Å². The molecular weight excluding hydrogens is 278 g/mol. The van der Waals surface area contributed by atoms with Gasteiger partial charge >= 0.3 is 0 Å². The summed E-state index contributed by atoms with van der Waals surface area (Å²) in [6.45, 7) is 9.05. The maximum atomic E-state index is 4.72. The molecule has 0 saturated carbocycles. The van der Waals surface area contributed by atoms with E-state index in [0.29, 0.717) is 0 Å². The van der Waals surface area contributed by atoms with E-state index in [0.717, 1.165) is 30.8 Å². The Morgan fingerprint density at radius 2 is 2.19 bits per heavy atom. The van der Waals surface area contributed by atoms with Crippen LogP contribution in [0.5, 0.6) is 0 Å². The summed E-state index contributed by atoms with van der Waals surface area (Å²) < 4.78 is 0. The van der Waals surface area contributed by atoms with Crippen molar-refractivity contribution in [3.05, 3.63) is 34.9 Å². The normalized spacial score (nSPS) is 18.8. The third-order valence-corrected chi connectivity index (χ3v) is 5.17. The molecule has 0 aliphatic carbocycles. The zero-order valence-electron chi connectivity index (χ0n) is 13.4. The smallest absolute Gasteiger partial charge is 0.191 e. The number of aryl methyl sites for hydroxylation is 2. The summed E-state index contributed by atoms with van der Waals surface area (Å²) in [5, 5.41) is 7.56. The summed E-state index contributed by atoms with van der Waals surface area (Å²) in [5.41, 5.74) is 3.93. The predicted molar refractivity (Wildman–Crippen MR) is 94.2 cm³/mol. The number of rotatable bonds is 5. The van der Waals surface area contributed by atoms with Gasteiger partial charge in [0.05, 0.1) is 6.54 Å². The van der Waals surface area contributed by atoms with Gasteiger partial charge in [0.1, 0.15) is 0 Å². The molecule has 4 heteroatoms. The molecule has 2 N–H and O–H groups in total. The Balaban J connectivity index is 1.92. The molecule has 1 fully saturated rings. The Hall–Kier alpha value is -1.16. The fraction of sp³-hybridized carbons (Fsp3) is 0.588. The Bertz CT molecular complexity index is 479. The standard InChI is InChI=1S/C17H27N3S/c1-4-18-17(20-12-16-6-5-9-21-16)19-11-15-8-7-13(2)10-14(15)3/h7-8,10,16H,4-6,9,11-12H2,1-3H3,(H2,18,19,20). The Kier molecular flexibility index (Phi) is 6.43. The first-order valence-corrected chi connectivity index (χ1v) is 8.94. The van der Waals surface area contributed by atoms with Crippen LogP contribution in [-0.2, 0) is 6.54 Å². The highest BCUT2D eigenvalue weighted by Crippen LogP contribution is 2.25. The van der Waals surface area contributed by atoms with E-state index in [1.165, 1.54) is 35.3 Å². The second kappa shape index (κ2) is 8.32. The van der Waals surface area contributed by atoms with Crippen LogP contribution < -0.4 is 10.6 Å². The molecule has 0 spiro atoms. The third kappa shape index (κ3) is 5.27. The van der Waals surface area contributed by atoms with Crippen LogP contribution in [0, 0.1) is 13.8 Å². The van der Waals surface area contributed by atoms with Crippen LogP contribution in [0.25, 0.3) is 0 Å². The number of aliphatic imine (C=N–C) groups is 1. The molecule has 1 aliphatic heterocycles. The molecule has 21 heavy (non-hydrogen) atoms.